The number of ether oxygens (including phenoxy) is 3. The summed E-state index contributed by atoms with van der Waals surface area (Å²) in [5.74, 6) is 1.30. The highest BCUT2D eigenvalue weighted by Crippen LogP contribution is 2.34. The Kier molecular flexibility index (Phi) is 6.12. The number of amides is 2. The second-order valence-corrected chi connectivity index (χ2v) is 6.28. The van der Waals surface area contributed by atoms with Crippen LogP contribution in [0.2, 0.25) is 0 Å². The lowest BCUT2D eigenvalue weighted by atomic mass is 10.1. The zero-order chi connectivity index (χ0) is 18.6. The number of nitrogens with one attached hydrogen (secondary N) is 1. The molecule has 2 rings (SSSR count). The predicted molar refractivity (Wildman–Crippen MR) is 92.9 cm³/mol. The van der Waals surface area contributed by atoms with Crippen molar-refractivity contribution in [3.63, 3.8) is 0 Å². The van der Waals surface area contributed by atoms with E-state index in [1.54, 1.807) is 38.4 Å². The van der Waals surface area contributed by atoms with Crippen molar-refractivity contribution in [2.75, 3.05) is 27.9 Å². The standard InChI is InChI=1S/C18H26N2O5/c1-11(2)20-10-13(7-17(20)21)18(22)19-9-12-6-15(24-4)16(25-5)8-14(12)23-3/h6,8,11,13H,7,9-10H2,1-5H3,(H,19,22). The number of carbonyl (C=O) groups excluding carboxylic acids is 2. The summed E-state index contributed by atoms with van der Waals surface area (Å²) in [5, 5.41) is 2.89. The molecule has 7 heteroatoms. The molecule has 1 N–H and O–H groups in total. The number of nitrogens with zero attached hydrogens (tertiary/aromatic N) is 1. The molecule has 0 bridgehead atoms. The number of rotatable bonds is 7. The van der Waals surface area contributed by atoms with Crippen LogP contribution in [0.15, 0.2) is 12.1 Å². The lowest BCUT2D eigenvalue weighted by Crippen LogP contribution is -2.35. The molecule has 0 spiro atoms. The van der Waals surface area contributed by atoms with Gasteiger partial charge < -0.3 is 24.4 Å². The summed E-state index contributed by atoms with van der Waals surface area (Å²) in [4.78, 5) is 26.1. The molecule has 2 amide bonds. The molecule has 1 unspecified atom stereocenters. The van der Waals surface area contributed by atoms with E-state index in [2.05, 4.69) is 5.32 Å². The summed E-state index contributed by atoms with van der Waals surface area (Å²) in [6.07, 6.45) is 0.257. The van der Waals surface area contributed by atoms with E-state index in [9.17, 15) is 9.59 Å². The first-order valence-corrected chi connectivity index (χ1v) is 8.27. The van der Waals surface area contributed by atoms with Crippen LogP contribution in [-0.2, 0) is 16.1 Å². The fraction of sp³-hybridized carbons (Fsp3) is 0.556. The monoisotopic (exact) mass is 350 g/mol. The zero-order valence-electron chi connectivity index (χ0n) is 15.4. The van der Waals surface area contributed by atoms with Crippen LogP contribution in [0.1, 0.15) is 25.8 Å². The van der Waals surface area contributed by atoms with Crippen molar-refractivity contribution in [3.8, 4) is 17.2 Å². The minimum Gasteiger partial charge on any atom is -0.496 e. The number of hydrogen-bond donors (Lipinski definition) is 1. The largest absolute Gasteiger partial charge is 0.496 e. The molecule has 7 nitrogen and oxygen atoms in total. The van der Waals surface area contributed by atoms with Gasteiger partial charge in [-0.3, -0.25) is 9.59 Å². The highest BCUT2D eigenvalue weighted by atomic mass is 16.5. The second-order valence-electron chi connectivity index (χ2n) is 6.28. The average molecular weight is 350 g/mol. The Morgan fingerprint density at radius 3 is 2.28 bits per heavy atom. The molecule has 0 radical (unpaired) electrons. The number of likely N-dealkylation sites (tertiary alicyclic amines) is 1. The molecule has 0 saturated carbocycles. The molecule has 138 valence electrons. The van der Waals surface area contributed by atoms with Crippen molar-refractivity contribution < 1.29 is 23.8 Å². The van der Waals surface area contributed by atoms with E-state index in [-0.39, 0.29) is 36.7 Å². The molecule has 1 aliphatic rings. The summed E-state index contributed by atoms with van der Waals surface area (Å²) in [7, 11) is 4.66. The molecular formula is C18H26N2O5. The van der Waals surface area contributed by atoms with Gasteiger partial charge in [-0.1, -0.05) is 0 Å². The molecule has 1 aromatic rings. The molecule has 1 saturated heterocycles. The molecule has 25 heavy (non-hydrogen) atoms. The van der Waals surface area contributed by atoms with Gasteiger partial charge in [0.1, 0.15) is 5.75 Å². The van der Waals surface area contributed by atoms with Gasteiger partial charge in [0.2, 0.25) is 11.8 Å². The van der Waals surface area contributed by atoms with Gasteiger partial charge >= 0.3 is 0 Å². The fourth-order valence-electron chi connectivity index (χ4n) is 2.96. The van der Waals surface area contributed by atoms with E-state index in [0.717, 1.165) is 5.56 Å². The van der Waals surface area contributed by atoms with Crippen molar-refractivity contribution in [1.82, 2.24) is 10.2 Å². The Hall–Kier alpha value is -2.44. The fourth-order valence-corrected chi connectivity index (χ4v) is 2.96. The Morgan fingerprint density at radius 2 is 1.76 bits per heavy atom. The Bertz CT molecular complexity index is 645. The van der Waals surface area contributed by atoms with Gasteiger partial charge in [0, 0.05) is 37.2 Å². The molecule has 0 aliphatic carbocycles. The quantitative estimate of drug-likeness (QED) is 0.808. The predicted octanol–water partition coefficient (Wildman–Crippen LogP) is 1.59. The SMILES string of the molecule is COc1cc(OC)c(OC)cc1CNC(=O)C1CC(=O)N(C(C)C)C1. The van der Waals surface area contributed by atoms with Gasteiger partial charge in [0.25, 0.3) is 0 Å². The number of benzene rings is 1. The van der Waals surface area contributed by atoms with Gasteiger partial charge in [-0.25, -0.2) is 0 Å². The maximum atomic E-state index is 12.4. The molecule has 1 heterocycles. The van der Waals surface area contributed by atoms with E-state index in [1.807, 2.05) is 13.8 Å². The van der Waals surface area contributed by atoms with Crippen LogP contribution >= 0.6 is 0 Å². The van der Waals surface area contributed by atoms with E-state index in [4.69, 9.17) is 14.2 Å². The van der Waals surface area contributed by atoms with Crippen molar-refractivity contribution >= 4 is 11.8 Å². The molecule has 1 aromatic carbocycles. The first-order valence-electron chi connectivity index (χ1n) is 8.27. The molecular weight excluding hydrogens is 324 g/mol. The highest BCUT2D eigenvalue weighted by Gasteiger charge is 2.35. The maximum Gasteiger partial charge on any atom is 0.225 e. The van der Waals surface area contributed by atoms with Gasteiger partial charge in [-0.15, -0.1) is 0 Å². The third kappa shape index (κ3) is 4.15. The second kappa shape index (κ2) is 8.09. The smallest absolute Gasteiger partial charge is 0.225 e. The average Bonchev–Trinajstić information content (AvgIpc) is 3.00. The van der Waals surface area contributed by atoms with Crippen LogP contribution in [-0.4, -0.2) is 50.6 Å². The van der Waals surface area contributed by atoms with Crippen LogP contribution < -0.4 is 19.5 Å². The Balaban J connectivity index is 2.06. The van der Waals surface area contributed by atoms with Gasteiger partial charge in [-0.05, 0) is 19.9 Å². The van der Waals surface area contributed by atoms with Crippen molar-refractivity contribution in [2.45, 2.75) is 32.9 Å². The number of methoxy groups -OCH3 is 3. The van der Waals surface area contributed by atoms with E-state index in [1.165, 1.54) is 0 Å². The summed E-state index contributed by atoms with van der Waals surface area (Å²) < 4.78 is 15.9. The van der Waals surface area contributed by atoms with Crippen LogP contribution in [0.4, 0.5) is 0 Å². The lowest BCUT2D eigenvalue weighted by molar-refractivity contribution is -0.130. The molecule has 1 aliphatic heterocycles. The van der Waals surface area contributed by atoms with E-state index < -0.39 is 0 Å². The van der Waals surface area contributed by atoms with Crippen LogP contribution in [0, 0.1) is 5.92 Å². The summed E-state index contributed by atoms with van der Waals surface area (Å²) >= 11 is 0. The highest BCUT2D eigenvalue weighted by molar-refractivity contribution is 5.89. The first-order chi connectivity index (χ1) is 11.9. The zero-order valence-corrected chi connectivity index (χ0v) is 15.4. The molecule has 1 atom stereocenters. The minimum atomic E-state index is -0.318. The molecule has 1 fully saturated rings. The first kappa shape index (κ1) is 18.9. The van der Waals surface area contributed by atoms with Gasteiger partial charge in [0.05, 0.1) is 27.2 Å². The third-order valence-electron chi connectivity index (χ3n) is 4.39. The summed E-state index contributed by atoms with van der Waals surface area (Å²) in [5.41, 5.74) is 0.776. The summed E-state index contributed by atoms with van der Waals surface area (Å²) in [6.45, 7) is 4.65. The van der Waals surface area contributed by atoms with Crippen molar-refractivity contribution in [1.29, 1.82) is 0 Å². The number of hydrogen-bond acceptors (Lipinski definition) is 5. The topological polar surface area (TPSA) is 77.1 Å². The van der Waals surface area contributed by atoms with E-state index in [0.29, 0.717) is 23.8 Å². The Morgan fingerprint density at radius 1 is 1.16 bits per heavy atom. The normalized spacial score (nSPS) is 17.0. The van der Waals surface area contributed by atoms with E-state index >= 15 is 0 Å². The van der Waals surface area contributed by atoms with Crippen LogP contribution in [0.5, 0.6) is 17.2 Å². The molecule has 0 aromatic heterocycles. The van der Waals surface area contributed by atoms with Gasteiger partial charge in [-0.2, -0.15) is 0 Å². The van der Waals surface area contributed by atoms with Gasteiger partial charge in [0.15, 0.2) is 11.5 Å². The summed E-state index contributed by atoms with van der Waals surface area (Å²) in [6, 6.07) is 3.61. The van der Waals surface area contributed by atoms with Crippen LogP contribution in [0.3, 0.4) is 0 Å². The van der Waals surface area contributed by atoms with Crippen molar-refractivity contribution in [2.24, 2.45) is 5.92 Å². The lowest BCUT2D eigenvalue weighted by Gasteiger charge is -2.20. The van der Waals surface area contributed by atoms with Crippen LogP contribution in [0.25, 0.3) is 0 Å². The maximum absolute atomic E-state index is 12.4. The number of carbonyl (C=O) groups is 2. The Labute approximate surface area is 148 Å². The van der Waals surface area contributed by atoms with Crippen molar-refractivity contribution in [3.05, 3.63) is 17.7 Å². The third-order valence-corrected chi connectivity index (χ3v) is 4.39. The minimum absolute atomic E-state index is 0.0267.